The number of hydrogen-bond acceptors (Lipinski definition) is 21. The van der Waals surface area contributed by atoms with Crippen molar-refractivity contribution < 1.29 is 92.2 Å². The van der Waals surface area contributed by atoms with Crippen molar-refractivity contribution in [3.8, 4) is 0 Å². The summed E-state index contributed by atoms with van der Waals surface area (Å²) in [6, 6.07) is -11.4. The molecule has 22 N–H and O–H groups in total. The number of hydrogen-bond donors (Lipinski definition) is 20. The predicted octanol–water partition coefficient (Wildman–Crippen LogP) is -4.07. The van der Waals surface area contributed by atoms with Crippen molar-refractivity contribution in [3.05, 3.63) is 35.9 Å². The number of carbonyl (C=O) groups excluding carboxylic acids is 13. The average molecular weight is 1420 g/mol. The van der Waals surface area contributed by atoms with Gasteiger partial charge in [-0.1, -0.05) is 106 Å². The molecule has 1 aliphatic heterocycles. The number of rotatable bonds is 26. The van der Waals surface area contributed by atoms with Crippen LogP contribution in [-0.2, 0) is 67.0 Å². The highest BCUT2D eigenvalue weighted by Gasteiger charge is 2.44. The second kappa shape index (κ2) is 42.3. The molecule has 100 heavy (non-hydrogen) atoms. The highest BCUT2D eigenvalue weighted by atomic mass is 16.6. The third-order valence-corrected chi connectivity index (χ3v) is 15.6. The van der Waals surface area contributed by atoms with Gasteiger partial charge in [0.05, 0.1) is 25.4 Å². The Balaban J connectivity index is 3.21. The topological polar surface area (TPSA) is 554 Å². The monoisotopic (exact) mass is 1420 g/mol. The summed E-state index contributed by atoms with van der Waals surface area (Å²) >= 11 is 0. The van der Waals surface area contributed by atoms with Crippen LogP contribution in [0.2, 0.25) is 0 Å². The quantitative estimate of drug-likeness (QED) is 0.0182. The molecule has 1 fully saturated rings. The van der Waals surface area contributed by atoms with E-state index in [1.807, 2.05) is 0 Å². The van der Waals surface area contributed by atoms with E-state index in [9.17, 15) is 68.4 Å². The van der Waals surface area contributed by atoms with Crippen LogP contribution in [0.4, 0.5) is 4.79 Å². The first-order chi connectivity index (χ1) is 46.7. The van der Waals surface area contributed by atoms with Crippen molar-refractivity contribution in [2.24, 2.45) is 41.1 Å². The first-order valence-electron chi connectivity index (χ1n) is 33.6. The highest BCUT2D eigenvalue weighted by molar-refractivity contribution is 6.00. The first kappa shape index (κ1) is 87.3. The van der Waals surface area contributed by atoms with Gasteiger partial charge in [-0.05, 0) is 95.0 Å². The molecule has 0 aliphatic carbocycles. The highest BCUT2D eigenvalue weighted by Crippen LogP contribution is 2.25. The van der Waals surface area contributed by atoms with Crippen molar-refractivity contribution in [1.29, 1.82) is 5.41 Å². The molecule has 0 aromatic heterocycles. The Labute approximate surface area is 583 Å². The number of ether oxygens (including phenoxy) is 2. The second-order valence-electron chi connectivity index (χ2n) is 27.4. The largest absolute Gasteiger partial charge is 0.453 e. The summed E-state index contributed by atoms with van der Waals surface area (Å²) in [7, 11) is 0. The molecule has 35 nitrogen and oxygen atoms in total. The van der Waals surface area contributed by atoms with Crippen molar-refractivity contribution in [1.82, 2.24) is 69.1 Å². The van der Waals surface area contributed by atoms with Gasteiger partial charge in [-0.25, -0.2) is 9.59 Å². The molecule has 1 aliphatic rings. The first-order valence-corrected chi connectivity index (χ1v) is 33.6. The Morgan fingerprint density at radius 3 is 1.71 bits per heavy atom. The number of cyclic esters (lactones) is 1. The van der Waals surface area contributed by atoms with Gasteiger partial charge in [0, 0.05) is 19.6 Å². The summed E-state index contributed by atoms with van der Waals surface area (Å²) in [6.45, 7) is 19.5. The molecular formula is C65H110N16O19. The lowest BCUT2D eigenvalue weighted by molar-refractivity contribution is -0.159. The fourth-order valence-corrected chi connectivity index (χ4v) is 10.1. The minimum Gasteiger partial charge on any atom is -0.453 e. The fraction of sp³-hybridized carbons (Fsp3) is 0.692. The zero-order valence-electron chi connectivity index (χ0n) is 59.7. The van der Waals surface area contributed by atoms with Gasteiger partial charge in [-0.3, -0.25) is 58.1 Å². The Kier molecular flexibility index (Phi) is 37.0. The number of aliphatic hydroxyl groups excluding tert-OH is 4. The minimum atomic E-state index is -2.52. The van der Waals surface area contributed by atoms with Crippen molar-refractivity contribution in [3.63, 3.8) is 0 Å². The molecular weight excluding hydrogens is 1310 g/mol. The van der Waals surface area contributed by atoms with E-state index < -0.39 is 210 Å². The summed E-state index contributed by atoms with van der Waals surface area (Å²) in [4.78, 5) is 187. The predicted molar refractivity (Wildman–Crippen MR) is 363 cm³/mol. The van der Waals surface area contributed by atoms with Crippen LogP contribution in [0.3, 0.4) is 0 Å². The van der Waals surface area contributed by atoms with Gasteiger partial charge in [0.25, 0.3) is 5.91 Å². The van der Waals surface area contributed by atoms with Crippen LogP contribution in [0, 0.1) is 35.0 Å². The molecule has 15 atom stereocenters. The number of esters is 1. The molecule has 12 amide bonds. The molecule has 1 aromatic rings. The number of nitrogens with two attached hydrogens (primary N) is 2. The molecule has 1 heterocycles. The Morgan fingerprint density at radius 2 is 1.18 bits per heavy atom. The number of nitrogens with one attached hydrogen (secondary N) is 14. The molecule has 0 unspecified atom stereocenters. The molecule has 0 bridgehead atoms. The zero-order chi connectivity index (χ0) is 76.1. The summed E-state index contributed by atoms with van der Waals surface area (Å²) in [5, 5.41) is 84.3. The van der Waals surface area contributed by atoms with E-state index in [-0.39, 0.29) is 69.6 Å². The van der Waals surface area contributed by atoms with Crippen LogP contribution in [-0.4, -0.2) is 221 Å². The van der Waals surface area contributed by atoms with Gasteiger partial charge in [0.1, 0.15) is 60.0 Å². The van der Waals surface area contributed by atoms with Crippen molar-refractivity contribution in [2.75, 3.05) is 32.8 Å². The third kappa shape index (κ3) is 30.0. The molecule has 2 rings (SSSR count). The van der Waals surface area contributed by atoms with Gasteiger partial charge in [0.2, 0.25) is 59.1 Å². The van der Waals surface area contributed by atoms with Gasteiger partial charge >= 0.3 is 12.1 Å². The van der Waals surface area contributed by atoms with Crippen LogP contribution in [0.25, 0.3) is 0 Å². The minimum absolute atomic E-state index is 0.000438. The van der Waals surface area contributed by atoms with E-state index in [1.54, 1.807) is 76.2 Å². The van der Waals surface area contributed by atoms with Gasteiger partial charge in [-0.2, -0.15) is 0 Å². The summed E-state index contributed by atoms with van der Waals surface area (Å²) in [5.41, 5.74) is 9.97. The van der Waals surface area contributed by atoms with E-state index in [2.05, 4.69) is 69.1 Å². The average Bonchev–Trinajstić information content (AvgIpc) is 0.814. The standard InChI is InChI=1S/C65H110N16O19/c1-15-35(10)44-57(92)79-45(36(11)83)56(91)71-29-43(84)77-47(50(86)61(96)69-25-23-66)59(94)75-42(30-82)62(97)99-51(37-20-17-16-18-21-37)48(81-55(90)40(27-32(4)5)73-54(89)41(28-33(6)7)76-64(98)100-65(12,13)14)60(95)80-46(49(85)34(8)9)58(93)74-39(26-31(2)3)53(88)72-38(52(87)78-44)22-19-24-70-63(67)68/h16-18,20-21,31-36,38-42,44-51,82-83,85-86H,15,19,22-30,66H2,1-14H3,(H,69,96)(H,71,91)(H,72,88)(H,73,89)(H,74,93)(H,75,94)(H,76,98)(H,77,84)(H,78,87)(H,79,92)(H,80,95)(H,81,90)(H4,67,68,70)/t35-,36-,38+,39-,40-,41+,42-,44-,45-,46-,47-,48-,49+,50-,51+/m0/s1. The Morgan fingerprint density at radius 1 is 0.640 bits per heavy atom. The summed E-state index contributed by atoms with van der Waals surface area (Å²) in [6.07, 6.45) is -9.39. The number of benzene rings is 1. The fourth-order valence-electron chi connectivity index (χ4n) is 10.1. The number of guanidine groups is 1. The van der Waals surface area contributed by atoms with Crippen molar-refractivity contribution >= 4 is 83.0 Å². The Hall–Kier alpha value is -8.80. The second-order valence-corrected chi connectivity index (χ2v) is 27.4. The maximum atomic E-state index is 15.6. The van der Waals surface area contributed by atoms with Gasteiger partial charge < -0.3 is 110 Å². The van der Waals surface area contributed by atoms with Gasteiger partial charge in [-0.15, -0.1) is 0 Å². The lowest BCUT2D eigenvalue weighted by Gasteiger charge is -2.34. The number of carbonyl (C=O) groups is 13. The van der Waals surface area contributed by atoms with E-state index in [1.165, 1.54) is 44.2 Å². The normalized spacial score (nSPS) is 23.5. The zero-order valence-corrected chi connectivity index (χ0v) is 59.7. The number of aliphatic hydroxyl groups is 4. The van der Waals surface area contributed by atoms with Crippen LogP contribution in [0.5, 0.6) is 0 Å². The molecule has 1 aromatic carbocycles. The smallest absolute Gasteiger partial charge is 0.408 e. The van der Waals surface area contributed by atoms with E-state index in [0.717, 1.165) is 6.92 Å². The molecule has 0 spiro atoms. The SMILES string of the molecule is CC[C@H](C)[C@@H]1NC(=O)[C@@H](CCCNC(=N)N)NC(=O)[C@H](CC(C)C)NC(=O)[C@H]([C@H](O)C(C)C)NC(=O)[C@@H](NC(=O)[C@H](CC(C)C)NC(=O)[C@@H](CC(C)C)NC(=O)OC(C)(C)C)[C@@H](c2ccccc2)OC(=O)[C@H](CO)NC(=O)[C@H]([C@H](O)C(=O)NCCN)NC(=O)CNC(=O)[C@H]([C@H](C)O)NC1=O. The maximum Gasteiger partial charge on any atom is 0.408 e. The van der Waals surface area contributed by atoms with Gasteiger partial charge in [0.15, 0.2) is 24.2 Å². The molecule has 1 saturated heterocycles. The van der Waals surface area contributed by atoms with Crippen molar-refractivity contribution in [2.45, 2.75) is 226 Å². The third-order valence-electron chi connectivity index (χ3n) is 15.6. The molecule has 564 valence electrons. The van der Waals surface area contributed by atoms with E-state index >= 15 is 14.4 Å². The van der Waals surface area contributed by atoms with Crippen LogP contribution in [0.15, 0.2) is 30.3 Å². The molecule has 0 saturated carbocycles. The van der Waals surface area contributed by atoms with Crippen LogP contribution in [0.1, 0.15) is 147 Å². The lowest BCUT2D eigenvalue weighted by atomic mass is 9.95. The lowest BCUT2D eigenvalue weighted by Crippen LogP contribution is -2.64. The van der Waals surface area contributed by atoms with E-state index in [0.29, 0.717) is 0 Å². The summed E-state index contributed by atoms with van der Waals surface area (Å²) in [5.74, 6) is -17.7. The number of amides is 12. The van der Waals surface area contributed by atoms with E-state index in [4.69, 9.17) is 26.4 Å². The number of alkyl carbamates (subject to hydrolysis) is 1. The molecule has 35 heteroatoms. The maximum absolute atomic E-state index is 15.6. The molecule has 0 radical (unpaired) electrons. The summed E-state index contributed by atoms with van der Waals surface area (Å²) < 4.78 is 11.4. The van der Waals surface area contributed by atoms with Crippen LogP contribution >= 0.6 is 0 Å². The van der Waals surface area contributed by atoms with Crippen LogP contribution < -0.4 is 80.6 Å². The Bertz CT molecular complexity index is 2930.